The van der Waals surface area contributed by atoms with Crippen LogP contribution in [0.5, 0.6) is 5.75 Å². The zero-order valence-corrected chi connectivity index (χ0v) is 25.0. The van der Waals surface area contributed by atoms with Crippen molar-refractivity contribution in [3.63, 3.8) is 0 Å². The first-order chi connectivity index (χ1) is 21.7. The predicted molar refractivity (Wildman–Crippen MR) is 158 cm³/mol. The number of H-pyrrole nitrogens is 1. The lowest BCUT2D eigenvalue weighted by Gasteiger charge is -2.29. The number of hydrogen-bond acceptors (Lipinski definition) is 6. The van der Waals surface area contributed by atoms with E-state index < -0.39 is 48.1 Å². The van der Waals surface area contributed by atoms with Gasteiger partial charge in [0.15, 0.2) is 0 Å². The van der Waals surface area contributed by atoms with E-state index in [4.69, 9.17) is 0 Å². The molecule has 45 heavy (non-hydrogen) atoms. The van der Waals surface area contributed by atoms with Crippen molar-refractivity contribution in [2.24, 2.45) is 17.8 Å². The molecule has 3 unspecified atom stereocenters. The lowest BCUT2D eigenvalue weighted by molar-refractivity contribution is -0.141. The second-order valence-corrected chi connectivity index (χ2v) is 12.8. The number of rotatable bonds is 10. The molecule has 2 aliphatic heterocycles. The van der Waals surface area contributed by atoms with Gasteiger partial charge in [0.05, 0.1) is 6.04 Å². The van der Waals surface area contributed by atoms with E-state index in [9.17, 15) is 32.8 Å². The van der Waals surface area contributed by atoms with Crippen LogP contribution in [0.2, 0.25) is 0 Å². The molecule has 242 valence electrons. The van der Waals surface area contributed by atoms with Crippen molar-refractivity contribution < 1.29 is 37.5 Å². The normalized spacial score (nSPS) is 25.7. The van der Waals surface area contributed by atoms with Crippen LogP contribution in [0.15, 0.2) is 24.3 Å². The van der Waals surface area contributed by atoms with E-state index in [0.29, 0.717) is 30.4 Å². The third-order valence-corrected chi connectivity index (χ3v) is 9.97. The Kier molecular flexibility index (Phi) is 9.04. The molecule has 4 N–H and O–H groups in total. The van der Waals surface area contributed by atoms with Crippen LogP contribution in [0.25, 0.3) is 10.9 Å². The average Bonchev–Trinajstić information content (AvgIpc) is 3.81. The van der Waals surface area contributed by atoms with Gasteiger partial charge in [0.1, 0.15) is 17.5 Å². The molecule has 3 heterocycles. The maximum absolute atomic E-state index is 14.1. The SMILES string of the molecule is O=C(NC1CCCCC1)C(=O)[C@H](C[C@@H]1CCNC1=O)NC(=O)C1C2CCCC2CN1C(=O)c1cc2c(OC(F)F)cccc2[nH]1. The van der Waals surface area contributed by atoms with Crippen LogP contribution in [0.3, 0.4) is 0 Å². The highest BCUT2D eigenvalue weighted by atomic mass is 19.3. The molecule has 13 heteroatoms. The molecule has 1 aromatic carbocycles. The van der Waals surface area contributed by atoms with Gasteiger partial charge in [0, 0.05) is 36.0 Å². The molecule has 2 saturated heterocycles. The van der Waals surface area contributed by atoms with Gasteiger partial charge in [-0.05, 0) is 68.6 Å². The number of ketones is 1. The van der Waals surface area contributed by atoms with Crippen LogP contribution in [-0.4, -0.2) is 77.1 Å². The maximum atomic E-state index is 14.1. The minimum Gasteiger partial charge on any atom is -0.434 e. The first-order valence-electron chi connectivity index (χ1n) is 16.0. The summed E-state index contributed by atoms with van der Waals surface area (Å²) in [5, 5.41) is 8.67. The number of carbonyl (C=O) groups excluding carboxylic acids is 5. The second-order valence-electron chi connectivity index (χ2n) is 12.8. The molecule has 2 aromatic rings. The number of ether oxygens (including phenoxy) is 1. The predicted octanol–water partition coefficient (Wildman–Crippen LogP) is 3.04. The van der Waals surface area contributed by atoms with Crippen molar-refractivity contribution in [1.29, 1.82) is 0 Å². The molecule has 0 spiro atoms. The quantitative estimate of drug-likeness (QED) is 0.298. The van der Waals surface area contributed by atoms with E-state index in [-0.39, 0.29) is 41.6 Å². The topological polar surface area (TPSA) is 150 Å². The molecule has 6 rings (SSSR count). The van der Waals surface area contributed by atoms with Gasteiger partial charge in [-0.3, -0.25) is 24.0 Å². The zero-order chi connectivity index (χ0) is 31.7. The smallest absolute Gasteiger partial charge is 0.387 e. The number of hydrogen-bond donors (Lipinski definition) is 4. The van der Waals surface area contributed by atoms with Crippen LogP contribution < -0.4 is 20.7 Å². The van der Waals surface area contributed by atoms with E-state index in [1.54, 1.807) is 6.07 Å². The van der Waals surface area contributed by atoms with E-state index in [2.05, 4.69) is 25.7 Å². The van der Waals surface area contributed by atoms with E-state index in [0.717, 1.165) is 51.4 Å². The van der Waals surface area contributed by atoms with Crippen molar-refractivity contribution in [2.75, 3.05) is 13.1 Å². The van der Waals surface area contributed by atoms with Gasteiger partial charge in [0.25, 0.3) is 11.8 Å². The largest absolute Gasteiger partial charge is 0.434 e. The van der Waals surface area contributed by atoms with Crippen molar-refractivity contribution in [3.05, 3.63) is 30.0 Å². The summed E-state index contributed by atoms with van der Waals surface area (Å²) in [5.74, 6) is -3.48. The molecule has 2 aliphatic carbocycles. The molecule has 4 fully saturated rings. The number of amides is 4. The Bertz CT molecular complexity index is 1470. The summed E-state index contributed by atoms with van der Waals surface area (Å²) in [6, 6.07) is 3.77. The second kappa shape index (κ2) is 13.1. The third kappa shape index (κ3) is 6.53. The molecule has 4 aliphatic rings. The molecular weight excluding hydrogens is 588 g/mol. The fourth-order valence-corrected chi connectivity index (χ4v) is 7.75. The van der Waals surface area contributed by atoms with E-state index in [1.165, 1.54) is 23.1 Å². The summed E-state index contributed by atoms with van der Waals surface area (Å²) in [6.07, 6.45) is 7.51. The van der Waals surface area contributed by atoms with Gasteiger partial charge in [-0.25, -0.2) is 0 Å². The molecule has 0 bridgehead atoms. The van der Waals surface area contributed by atoms with Crippen LogP contribution >= 0.6 is 0 Å². The minimum absolute atomic E-state index is 0.0157. The number of carbonyl (C=O) groups is 5. The van der Waals surface area contributed by atoms with Crippen molar-refractivity contribution >= 4 is 40.3 Å². The summed E-state index contributed by atoms with van der Waals surface area (Å²) in [5.41, 5.74) is 0.552. The number of alkyl halides is 2. The number of fused-ring (bicyclic) bond motifs is 2. The van der Waals surface area contributed by atoms with Crippen LogP contribution in [0.1, 0.15) is 74.7 Å². The molecule has 1 aromatic heterocycles. The first-order valence-corrected chi connectivity index (χ1v) is 16.0. The first kappa shape index (κ1) is 31.0. The highest BCUT2D eigenvalue weighted by Gasteiger charge is 2.50. The monoisotopic (exact) mass is 627 g/mol. The number of likely N-dealkylation sites (tertiary alicyclic amines) is 1. The Morgan fingerprint density at radius 1 is 1.02 bits per heavy atom. The number of benzene rings is 1. The van der Waals surface area contributed by atoms with Crippen molar-refractivity contribution in [1.82, 2.24) is 25.8 Å². The maximum Gasteiger partial charge on any atom is 0.387 e. The number of aromatic amines is 1. The van der Waals surface area contributed by atoms with Gasteiger partial charge < -0.3 is 30.6 Å². The molecule has 11 nitrogen and oxygen atoms in total. The lowest BCUT2D eigenvalue weighted by atomic mass is 9.91. The summed E-state index contributed by atoms with van der Waals surface area (Å²) in [6.45, 7) is -2.26. The van der Waals surface area contributed by atoms with Gasteiger partial charge in [-0.2, -0.15) is 8.78 Å². The number of Topliss-reactive ketones (excluding diaryl/α,β-unsaturated/α-hetero) is 1. The summed E-state index contributed by atoms with van der Waals surface area (Å²) < 4.78 is 30.6. The molecule has 2 saturated carbocycles. The van der Waals surface area contributed by atoms with Gasteiger partial charge in [0.2, 0.25) is 17.6 Å². The van der Waals surface area contributed by atoms with Crippen LogP contribution in [-0.2, 0) is 19.2 Å². The summed E-state index contributed by atoms with van der Waals surface area (Å²) in [4.78, 5) is 71.5. The van der Waals surface area contributed by atoms with Gasteiger partial charge >= 0.3 is 6.61 Å². The number of aromatic nitrogens is 1. The van der Waals surface area contributed by atoms with Crippen LogP contribution in [0, 0.1) is 17.8 Å². The van der Waals surface area contributed by atoms with Crippen molar-refractivity contribution in [3.8, 4) is 5.75 Å². The molecule has 0 radical (unpaired) electrons. The van der Waals surface area contributed by atoms with Gasteiger partial charge in [-0.15, -0.1) is 0 Å². The average molecular weight is 628 g/mol. The highest BCUT2D eigenvalue weighted by Crippen LogP contribution is 2.43. The van der Waals surface area contributed by atoms with E-state index >= 15 is 0 Å². The minimum atomic E-state index is -3.04. The fourth-order valence-electron chi connectivity index (χ4n) is 7.75. The molecule has 5 atom stereocenters. The standard InChI is InChI=1S/C32H39F2N5O6/c33-32(34)45-25-11-5-10-22-21(25)15-24(37-22)31(44)39-16-18-6-4-9-20(18)26(39)29(42)38-23(14-17-12-13-35-28(17)41)27(40)30(43)36-19-7-2-1-3-8-19/h5,10-11,15,17-20,23,26,32,37H,1-4,6-9,12-14,16H2,(H,35,41)(H,36,43)(H,38,42)/t17-,18?,20?,23-,26?/m0/s1. The highest BCUT2D eigenvalue weighted by molar-refractivity contribution is 6.38. The Balaban J connectivity index is 1.23. The number of nitrogens with zero attached hydrogens (tertiary/aromatic N) is 1. The summed E-state index contributed by atoms with van der Waals surface area (Å²) >= 11 is 0. The lowest BCUT2D eigenvalue weighted by Crippen LogP contribution is -2.56. The van der Waals surface area contributed by atoms with Crippen molar-refractivity contribution in [2.45, 2.75) is 88.9 Å². The Hall–Kier alpha value is -4.03. The number of nitrogens with one attached hydrogen (secondary N) is 4. The Morgan fingerprint density at radius 2 is 1.82 bits per heavy atom. The Labute approximate surface area is 259 Å². The van der Waals surface area contributed by atoms with Crippen LogP contribution in [0.4, 0.5) is 8.78 Å². The molecular formula is C32H39F2N5O6. The molecule has 4 amide bonds. The Morgan fingerprint density at radius 3 is 2.56 bits per heavy atom. The zero-order valence-electron chi connectivity index (χ0n) is 25.0. The van der Waals surface area contributed by atoms with Gasteiger partial charge in [-0.1, -0.05) is 31.7 Å². The summed E-state index contributed by atoms with van der Waals surface area (Å²) in [7, 11) is 0. The third-order valence-electron chi connectivity index (χ3n) is 9.97. The fraction of sp³-hybridized carbons (Fsp3) is 0.594. The number of halogens is 2. The van der Waals surface area contributed by atoms with E-state index in [1.807, 2.05) is 0 Å².